The number of amides is 1. The minimum Gasteiger partial charge on any atom is -0.339 e. The maximum absolute atomic E-state index is 12.3. The van der Waals surface area contributed by atoms with Crippen molar-refractivity contribution in [3.63, 3.8) is 0 Å². The summed E-state index contributed by atoms with van der Waals surface area (Å²) in [4.78, 5) is 18.4. The van der Waals surface area contributed by atoms with Gasteiger partial charge in [-0.15, -0.1) is 0 Å². The van der Waals surface area contributed by atoms with Gasteiger partial charge in [-0.3, -0.25) is 4.79 Å². The van der Waals surface area contributed by atoms with E-state index in [9.17, 15) is 4.79 Å². The minimum atomic E-state index is 0.0516. The monoisotopic (exact) mass is 308 g/mol. The molecule has 1 aliphatic rings. The van der Waals surface area contributed by atoms with Crippen LogP contribution in [-0.4, -0.2) is 38.5 Å². The third kappa shape index (κ3) is 2.01. The molecule has 18 heavy (non-hydrogen) atoms. The van der Waals surface area contributed by atoms with E-state index in [0.29, 0.717) is 5.56 Å². The molecule has 6 heteroatoms. The summed E-state index contributed by atoms with van der Waals surface area (Å²) in [5.74, 6) is 0.0516. The van der Waals surface area contributed by atoms with Crippen LogP contribution in [0.5, 0.6) is 0 Å². The topological polar surface area (TPSA) is 50.5 Å². The van der Waals surface area contributed by atoms with Gasteiger partial charge in [0, 0.05) is 25.5 Å². The zero-order valence-electron chi connectivity index (χ0n) is 9.84. The van der Waals surface area contributed by atoms with Gasteiger partial charge in [-0.05, 0) is 35.2 Å². The summed E-state index contributed by atoms with van der Waals surface area (Å²) in [6.07, 6.45) is 8.44. The van der Waals surface area contributed by atoms with Crippen molar-refractivity contribution in [2.24, 2.45) is 0 Å². The second kappa shape index (κ2) is 4.68. The molecule has 0 radical (unpaired) electrons. The lowest BCUT2D eigenvalue weighted by Gasteiger charge is -2.26. The number of likely N-dealkylation sites (tertiary alicyclic amines) is 1. The van der Waals surface area contributed by atoms with E-state index in [2.05, 4.69) is 26.0 Å². The molecule has 0 aliphatic carbocycles. The standard InChI is InChI=1S/C12H13BrN4O/c13-10-7-15-17-8-9(6-14-11(10)17)12(18)16-4-2-1-3-5-16/h6-8H,1-5H2. The predicted molar refractivity (Wildman–Crippen MR) is 70.4 cm³/mol. The van der Waals surface area contributed by atoms with Gasteiger partial charge in [-0.2, -0.15) is 5.10 Å². The summed E-state index contributed by atoms with van der Waals surface area (Å²) in [5.41, 5.74) is 1.32. The molecule has 0 N–H and O–H groups in total. The molecule has 3 rings (SSSR count). The summed E-state index contributed by atoms with van der Waals surface area (Å²) < 4.78 is 2.46. The van der Waals surface area contributed by atoms with Crippen LogP contribution in [0.25, 0.3) is 5.65 Å². The Hall–Kier alpha value is -1.43. The Balaban J connectivity index is 1.91. The first kappa shape index (κ1) is 11.6. The van der Waals surface area contributed by atoms with Gasteiger partial charge < -0.3 is 4.90 Å². The Morgan fingerprint density at radius 3 is 2.78 bits per heavy atom. The van der Waals surface area contributed by atoms with Crippen LogP contribution in [0.1, 0.15) is 29.6 Å². The molecule has 0 spiro atoms. The number of carbonyl (C=O) groups excluding carboxylic acids is 1. The van der Waals surface area contributed by atoms with Crippen molar-refractivity contribution < 1.29 is 4.79 Å². The fraction of sp³-hybridized carbons (Fsp3) is 0.417. The fourth-order valence-electron chi connectivity index (χ4n) is 2.24. The summed E-state index contributed by atoms with van der Waals surface area (Å²) in [5, 5.41) is 4.14. The lowest BCUT2D eigenvalue weighted by Crippen LogP contribution is -2.35. The van der Waals surface area contributed by atoms with E-state index in [1.807, 2.05) is 4.90 Å². The average molecular weight is 309 g/mol. The van der Waals surface area contributed by atoms with Crippen molar-refractivity contribution in [2.45, 2.75) is 19.3 Å². The van der Waals surface area contributed by atoms with Crippen LogP contribution in [-0.2, 0) is 0 Å². The molecule has 2 aromatic rings. The zero-order chi connectivity index (χ0) is 12.5. The van der Waals surface area contributed by atoms with Gasteiger partial charge >= 0.3 is 0 Å². The highest BCUT2D eigenvalue weighted by atomic mass is 79.9. The van der Waals surface area contributed by atoms with Crippen molar-refractivity contribution in [1.82, 2.24) is 19.5 Å². The molecular weight excluding hydrogens is 296 g/mol. The maximum atomic E-state index is 12.3. The molecule has 0 aromatic carbocycles. The molecule has 94 valence electrons. The van der Waals surface area contributed by atoms with Gasteiger partial charge in [0.25, 0.3) is 5.91 Å². The van der Waals surface area contributed by atoms with Crippen LogP contribution in [0.4, 0.5) is 0 Å². The number of aromatic nitrogens is 3. The SMILES string of the molecule is O=C(c1cnc2c(Br)cnn2c1)N1CCCCC1. The first-order valence-electron chi connectivity index (χ1n) is 6.04. The van der Waals surface area contributed by atoms with Crippen LogP contribution in [0.3, 0.4) is 0 Å². The second-order valence-corrected chi connectivity index (χ2v) is 5.31. The molecule has 0 atom stereocenters. The van der Waals surface area contributed by atoms with E-state index >= 15 is 0 Å². The van der Waals surface area contributed by atoms with E-state index in [1.54, 1.807) is 23.1 Å². The summed E-state index contributed by atoms with van der Waals surface area (Å²) in [7, 11) is 0. The molecule has 0 saturated carbocycles. The van der Waals surface area contributed by atoms with Gasteiger partial charge in [0.1, 0.15) is 0 Å². The van der Waals surface area contributed by atoms with Gasteiger partial charge in [0.15, 0.2) is 5.65 Å². The number of fused-ring (bicyclic) bond motifs is 1. The van der Waals surface area contributed by atoms with E-state index in [4.69, 9.17) is 0 Å². The maximum Gasteiger partial charge on any atom is 0.256 e. The van der Waals surface area contributed by atoms with E-state index < -0.39 is 0 Å². The summed E-state index contributed by atoms with van der Waals surface area (Å²) in [6, 6.07) is 0. The number of nitrogens with zero attached hydrogens (tertiary/aromatic N) is 4. The van der Waals surface area contributed by atoms with Gasteiger partial charge in [0.2, 0.25) is 0 Å². The molecule has 0 bridgehead atoms. The van der Waals surface area contributed by atoms with Gasteiger partial charge in [-0.25, -0.2) is 9.50 Å². The normalized spacial score (nSPS) is 16.2. The van der Waals surface area contributed by atoms with Crippen molar-refractivity contribution in [1.29, 1.82) is 0 Å². The highest BCUT2D eigenvalue weighted by molar-refractivity contribution is 9.10. The largest absolute Gasteiger partial charge is 0.339 e. The van der Waals surface area contributed by atoms with Crippen LogP contribution < -0.4 is 0 Å². The molecule has 1 aliphatic heterocycles. The number of piperidine rings is 1. The lowest BCUT2D eigenvalue weighted by atomic mass is 10.1. The van der Waals surface area contributed by atoms with Crippen LogP contribution in [0.15, 0.2) is 23.1 Å². The third-order valence-electron chi connectivity index (χ3n) is 3.20. The second-order valence-electron chi connectivity index (χ2n) is 4.46. The smallest absolute Gasteiger partial charge is 0.256 e. The average Bonchev–Trinajstić information content (AvgIpc) is 2.80. The Morgan fingerprint density at radius 2 is 2.00 bits per heavy atom. The predicted octanol–water partition coefficient (Wildman–Crippen LogP) is 2.12. The molecule has 1 fully saturated rings. The van der Waals surface area contributed by atoms with E-state index in [1.165, 1.54) is 6.42 Å². The molecule has 2 aromatic heterocycles. The quantitative estimate of drug-likeness (QED) is 0.811. The molecular formula is C12H13BrN4O. The Morgan fingerprint density at radius 1 is 1.22 bits per heavy atom. The van der Waals surface area contributed by atoms with Crippen molar-refractivity contribution in [3.05, 3.63) is 28.6 Å². The third-order valence-corrected chi connectivity index (χ3v) is 3.76. The van der Waals surface area contributed by atoms with Crippen molar-refractivity contribution in [3.8, 4) is 0 Å². The number of hydrogen-bond donors (Lipinski definition) is 0. The Kier molecular flexibility index (Phi) is 3.03. The van der Waals surface area contributed by atoms with Crippen molar-refractivity contribution in [2.75, 3.05) is 13.1 Å². The number of hydrogen-bond acceptors (Lipinski definition) is 3. The highest BCUT2D eigenvalue weighted by Crippen LogP contribution is 2.17. The molecule has 0 unspecified atom stereocenters. The van der Waals surface area contributed by atoms with E-state index in [-0.39, 0.29) is 5.91 Å². The van der Waals surface area contributed by atoms with Crippen LogP contribution in [0.2, 0.25) is 0 Å². The number of rotatable bonds is 1. The summed E-state index contributed by atoms with van der Waals surface area (Å²) >= 11 is 3.36. The minimum absolute atomic E-state index is 0.0516. The lowest BCUT2D eigenvalue weighted by molar-refractivity contribution is 0.0723. The molecule has 1 amide bonds. The molecule has 1 saturated heterocycles. The molecule has 3 heterocycles. The van der Waals surface area contributed by atoms with Crippen molar-refractivity contribution >= 4 is 27.5 Å². The molecule has 5 nitrogen and oxygen atoms in total. The van der Waals surface area contributed by atoms with Gasteiger partial charge in [-0.1, -0.05) is 0 Å². The van der Waals surface area contributed by atoms with Crippen LogP contribution in [0, 0.1) is 0 Å². The summed E-state index contributed by atoms with van der Waals surface area (Å²) in [6.45, 7) is 1.69. The Bertz CT molecular complexity index is 589. The first-order valence-corrected chi connectivity index (χ1v) is 6.83. The number of halogens is 1. The van der Waals surface area contributed by atoms with Gasteiger partial charge in [0.05, 0.1) is 16.2 Å². The Labute approximate surface area is 113 Å². The highest BCUT2D eigenvalue weighted by Gasteiger charge is 2.19. The zero-order valence-corrected chi connectivity index (χ0v) is 11.4. The van der Waals surface area contributed by atoms with E-state index in [0.717, 1.165) is 36.1 Å². The first-order chi connectivity index (χ1) is 8.75. The van der Waals surface area contributed by atoms with Crippen LogP contribution >= 0.6 is 15.9 Å². The number of carbonyl (C=O) groups is 1. The fourth-order valence-corrected chi connectivity index (χ4v) is 2.61.